The van der Waals surface area contributed by atoms with Gasteiger partial charge in [0.1, 0.15) is 0 Å². The second-order valence-corrected chi connectivity index (χ2v) is 11.2. The van der Waals surface area contributed by atoms with Crippen molar-refractivity contribution in [1.82, 2.24) is 9.38 Å². The summed E-state index contributed by atoms with van der Waals surface area (Å²) in [5.41, 5.74) is 11.9. The number of fused-ring (bicyclic) bond motifs is 12. The molecule has 1 aliphatic carbocycles. The van der Waals surface area contributed by atoms with E-state index in [1.165, 1.54) is 82.4 Å². The average molecular weight is 499 g/mol. The molecule has 0 saturated carbocycles. The van der Waals surface area contributed by atoms with E-state index < -0.39 is 0 Å². The molecule has 2 heteroatoms. The molecule has 0 spiro atoms. The van der Waals surface area contributed by atoms with Crippen molar-refractivity contribution in [3.8, 4) is 11.1 Å². The molecule has 1 unspecified atom stereocenters. The van der Waals surface area contributed by atoms with Crippen molar-refractivity contribution >= 4 is 48.9 Å². The second kappa shape index (κ2) is 7.68. The first-order valence-corrected chi connectivity index (χ1v) is 13.9. The van der Waals surface area contributed by atoms with Crippen LogP contribution in [-0.2, 0) is 6.42 Å². The van der Waals surface area contributed by atoms with Gasteiger partial charge < -0.3 is 4.40 Å². The summed E-state index contributed by atoms with van der Waals surface area (Å²) in [6.07, 6.45) is 4.12. The summed E-state index contributed by atoms with van der Waals surface area (Å²) in [4.78, 5) is 5.02. The number of aromatic nitrogens is 2. The Balaban J connectivity index is 1.57. The van der Waals surface area contributed by atoms with Gasteiger partial charge in [-0.3, -0.25) is 4.98 Å². The first-order chi connectivity index (χ1) is 19.3. The topological polar surface area (TPSA) is 17.3 Å². The van der Waals surface area contributed by atoms with Gasteiger partial charge in [-0.25, -0.2) is 0 Å². The van der Waals surface area contributed by atoms with Crippen LogP contribution in [0.25, 0.3) is 60.0 Å². The summed E-state index contributed by atoms with van der Waals surface area (Å²) >= 11 is 0. The molecule has 0 amide bonds. The summed E-state index contributed by atoms with van der Waals surface area (Å²) in [5, 5.41) is 7.98. The molecule has 3 aromatic heterocycles. The number of para-hydroxylation sites is 1. The fourth-order valence-electron chi connectivity index (χ4n) is 7.36. The number of rotatable bonds is 1. The highest BCUT2D eigenvalue weighted by Gasteiger charge is 2.31. The van der Waals surface area contributed by atoms with E-state index in [9.17, 15) is 0 Å². The molecule has 5 aromatic carbocycles. The van der Waals surface area contributed by atoms with E-state index >= 15 is 0 Å². The lowest BCUT2D eigenvalue weighted by molar-refractivity contribution is 0.709. The Morgan fingerprint density at radius 1 is 0.692 bits per heavy atom. The molecule has 0 radical (unpaired) electrons. The third-order valence-corrected chi connectivity index (χ3v) is 9.04. The highest BCUT2D eigenvalue weighted by Crippen LogP contribution is 2.51. The third-order valence-electron chi connectivity index (χ3n) is 9.04. The summed E-state index contributed by atoms with van der Waals surface area (Å²) in [6.45, 7) is 2.12. The Morgan fingerprint density at radius 3 is 2.41 bits per heavy atom. The Kier molecular flexibility index (Phi) is 4.19. The largest absolute Gasteiger partial charge is 0.307 e. The molecular formula is C37H26N2. The zero-order chi connectivity index (χ0) is 25.7. The maximum Gasteiger partial charge on any atom is 0.0624 e. The van der Waals surface area contributed by atoms with Crippen molar-refractivity contribution in [1.29, 1.82) is 0 Å². The van der Waals surface area contributed by atoms with Gasteiger partial charge in [0.15, 0.2) is 0 Å². The molecule has 39 heavy (non-hydrogen) atoms. The van der Waals surface area contributed by atoms with E-state index in [-0.39, 0.29) is 5.92 Å². The van der Waals surface area contributed by atoms with Crippen LogP contribution in [-0.4, -0.2) is 9.38 Å². The molecule has 2 nitrogen and oxygen atoms in total. The number of nitrogens with zero attached hydrogens (tertiary/aromatic N) is 2. The Bertz CT molecular complexity index is 2230. The molecule has 1 atom stereocenters. The molecule has 3 heterocycles. The van der Waals surface area contributed by atoms with Gasteiger partial charge in [0.05, 0.1) is 16.6 Å². The van der Waals surface area contributed by atoms with Gasteiger partial charge in [0.25, 0.3) is 0 Å². The van der Waals surface area contributed by atoms with E-state index in [1.54, 1.807) is 0 Å². The number of benzene rings is 5. The summed E-state index contributed by atoms with van der Waals surface area (Å²) in [5.74, 6) is 0.219. The van der Waals surface area contributed by atoms with Crippen LogP contribution in [0.3, 0.4) is 0 Å². The lowest BCUT2D eigenvalue weighted by atomic mass is 9.84. The van der Waals surface area contributed by atoms with Crippen LogP contribution in [0.5, 0.6) is 0 Å². The molecule has 0 N–H and O–H groups in total. The van der Waals surface area contributed by atoms with Crippen LogP contribution in [0.4, 0.5) is 0 Å². The van der Waals surface area contributed by atoms with Gasteiger partial charge in [0, 0.05) is 44.7 Å². The van der Waals surface area contributed by atoms with Gasteiger partial charge >= 0.3 is 0 Å². The Hall–Kier alpha value is -4.69. The SMILES string of the molecule is Cc1ccc(C2CCc3ccccc3-c3cc4c5ccccc5n5c6c7ccccc7ccc6c(c32)c45)nc1. The molecular weight excluding hydrogens is 472 g/mol. The molecule has 1 aliphatic rings. The Labute approximate surface area is 226 Å². The van der Waals surface area contributed by atoms with Crippen molar-refractivity contribution in [2.24, 2.45) is 0 Å². The zero-order valence-corrected chi connectivity index (χ0v) is 21.8. The normalized spacial score (nSPS) is 15.4. The maximum absolute atomic E-state index is 5.02. The van der Waals surface area contributed by atoms with Gasteiger partial charge in [0.2, 0.25) is 0 Å². The molecule has 184 valence electrons. The van der Waals surface area contributed by atoms with Crippen LogP contribution in [0, 0.1) is 6.92 Å². The molecule has 0 bridgehead atoms. The first kappa shape index (κ1) is 21.3. The predicted octanol–water partition coefficient (Wildman–Crippen LogP) is 9.44. The minimum atomic E-state index is 0.219. The van der Waals surface area contributed by atoms with Crippen LogP contribution < -0.4 is 0 Å². The maximum atomic E-state index is 5.02. The smallest absolute Gasteiger partial charge is 0.0624 e. The van der Waals surface area contributed by atoms with E-state index in [0.29, 0.717) is 0 Å². The zero-order valence-electron chi connectivity index (χ0n) is 21.8. The number of hydrogen-bond acceptors (Lipinski definition) is 1. The van der Waals surface area contributed by atoms with Crippen LogP contribution >= 0.6 is 0 Å². The first-order valence-electron chi connectivity index (χ1n) is 13.9. The van der Waals surface area contributed by atoms with Crippen LogP contribution in [0.1, 0.15) is 34.7 Å². The molecule has 8 aromatic rings. The predicted molar refractivity (Wildman–Crippen MR) is 163 cm³/mol. The fraction of sp³-hybridized carbons (Fsp3) is 0.108. The fourth-order valence-corrected chi connectivity index (χ4v) is 7.36. The molecule has 0 aliphatic heterocycles. The number of aryl methyl sites for hydroxylation is 2. The van der Waals surface area contributed by atoms with Crippen molar-refractivity contribution in [2.45, 2.75) is 25.7 Å². The van der Waals surface area contributed by atoms with Crippen molar-refractivity contribution in [3.05, 3.63) is 132 Å². The monoisotopic (exact) mass is 498 g/mol. The van der Waals surface area contributed by atoms with E-state index in [2.05, 4.69) is 114 Å². The second-order valence-electron chi connectivity index (χ2n) is 11.2. The highest BCUT2D eigenvalue weighted by atomic mass is 14.9. The Morgan fingerprint density at radius 2 is 1.51 bits per heavy atom. The average Bonchev–Trinajstić information content (AvgIpc) is 3.44. The van der Waals surface area contributed by atoms with Crippen molar-refractivity contribution < 1.29 is 0 Å². The number of hydrogen-bond donors (Lipinski definition) is 0. The summed E-state index contributed by atoms with van der Waals surface area (Å²) < 4.78 is 2.55. The molecule has 0 fully saturated rings. The lowest BCUT2D eigenvalue weighted by Crippen LogP contribution is -2.05. The van der Waals surface area contributed by atoms with Crippen molar-refractivity contribution in [3.63, 3.8) is 0 Å². The van der Waals surface area contributed by atoms with E-state index in [4.69, 9.17) is 4.98 Å². The molecule has 0 saturated heterocycles. The summed E-state index contributed by atoms with van der Waals surface area (Å²) in [7, 11) is 0. The van der Waals surface area contributed by atoms with E-state index in [1.807, 2.05) is 6.20 Å². The van der Waals surface area contributed by atoms with Gasteiger partial charge in [-0.1, -0.05) is 84.9 Å². The van der Waals surface area contributed by atoms with Crippen molar-refractivity contribution in [2.75, 3.05) is 0 Å². The number of pyridine rings is 1. The van der Waals surface area contributed by atoms with Crippen LogP contribution in [0.15, 0.2) is 109 Å². The highest BCUT2D eigenvalue weighted by molar-refractivity contribution is 6.29. The minimum absolute atomic E-state index is 0.219. The van der Waals surface area contributed by atoms with Crippen LogP contribution in [0.2, 0.25) is 0 Å². The standard InChI is InChI=1S/C37H26N2/c1-22-14-19-32(38-21-22)28-17-15-23-8-2-4-10-25(23)30-20-31-27-12-6-7-13-33(27)39-36-26-11-5-3-9-24(26)16-18-29(36)35(34(28)30)37(31)39/h2-14,16,18-21,28H,15,17H2,1H3. The van der Waals surface area contributed by atoms with Gasteiger partial charge in [-0.05, 0) is 71.2 Å². The lowest BCUT2D eigenvalue weighted by Gasteiger charge is -2.20. The van der Waals surface area contributed by atoms with E-state index in [0.717, 1.165) is 12.8 Å². The molecule has 9 rings (SSSR count). The summed E-state index contributed by atoms with van der Waals surface area (Å²) in [6, 6.07) is 38.4. The minimum Gasteiger partial charge on any atom is -0.307 e. The van der Waals surface area contributed by atoms with Gasteiger partial charge in [-0.15, -0.1) is 0 Å². The third kappa shape index (κ3) is 2.78. The van der Waals surface area contributed by atoms with Gasteiger partial charge in [-0.2, -0.15) is 0 Å². The quantitative estimate of drug-likeness (QED) is 0.220.